The summed E-state index contributed by atoms with van der Waals surface area (Å²) >= 11 is 0. The highest BCUT2D eigenvalue weighted by Crippen LogP contribution is 2.20. The second-order valence-corrected chi connectivity index (χ2v) is 5.54. The Morgan fingerprint density at radius 3 is 2.60 bits per heavy atom. The number of urea groups is 1. The first-order valence-electron chi connectivity index (χ1n) is 7.07. The van der Waals surface area contributed by atoms with Crippen molar-refractivity contribution in [3.05, 3.63) is 24.0 Å². The van der Waals surface area contributed by atoms with Crippen LogP contribution in [-0.2, 0) is 18.4 Å². The highest BCUT2D eigenvalue weighted by atomic mass is 16.2. The monoisotopic (exact) mass is 276 g/mol. The smallest absolute Gasteiger partial charge is 0.324 e. The summed E-state index contributed by atoms with van der Waals surface area (Å²) in [6.07, 6.45) is 3.78. The van der Waals surface area contributed by atoms with Gasteiger partial charge >= 0.3 is 6.03 Å². The van der Waals surface area contributed by atoms with Crippen LogP contribution in [0.2, 0.25) is 0 Å². The fraction of sp³-hybridized carbons (Fsp3) is 0.571. The Morgan fingerprint density at radius 1 is 1.30 bits per heavy atom. The average molecular weight is 276 g/mol. The number of nitrogens with one attached hydrogen (secondary N) is 1. The molecule has 1 N–H and O–H groups in total. The van der Waals surface area contributed by atoms with Gasteiger partial charge in [0.1, 0.15) is 0 Å². The second kappa shape index (κ2) is 5.28. The number of piperidine rings is 1. The molecule has 108 valence electrons. The molecule has 6 heteroatoms. The Kier molecular flexibility index (Phi) is 3.48. The van der Waals surface area contributed by atoms with E-state index in [2.05, 4.69) is 40.2 Å². The minimum Gasteiger partial charge on any atom is -0.353 e. The topological polar surface area (TPSA) is 57.6 Å². The fourth-order valence-corrected chi connectivity index (χ4v) is 3.03. The van der Waals surface area contributed by atoms with Crippen LogP contribution in [0.5, 0.6) is 0 Å². The minimum atomic E-state index is -0.226. The van der Waals surface area contributed by atoms with Crippen LogP contribution in [0, 0.1) is 0 Å². The van der Waals surface area contributed by atoms with Gasteiger partial charge in [-0.1, -0.05) is 0 Å². The van der Waals surface area contributed by atoms with Crippen molar-refractivity contribution in [1.82, 2.24) is 19.7 Å². The number of carbonyl (C=O) groups excluding carboxylic acids is 2. The van der Waals surface area contributed by atoms with E-state index in [1.165, 1.54) is 10.6 Å². The molecule has 2 aliphatic heterocycles. The maximum absolute atomic E-state index is 11.7. The Bertz CT molecular complexity index is 501. The number of likely N-dealkylation sites (tertiary alicyclic amines) is 1. The van der Waals surface area contributed by atoms with Gasteiger partial charge in [-0.25, -0.2) is 4.79 Å². The molecule has 1 aromatic heterocycles. The number of nitrogens with zero attached hydrogens (tertiary/aromatic N) is 3. The Morgan fingerprint density at radius 2 is 2.05 bits per heavy atom. The van der Waals surface area contributed by atoms with E-state index >= 15 is 0 Å². The van der Waals surface area contributed by atoms with Gasteiger partial charge in [0.15, 0.2) is 0 Å². The fourth-order valence-electron chi connectivity index (χ4n) is 3.03. The van der Waals surface area contributed by atoms with Crippen molar-refractivity contribution in [3.8, 4) is 0 Å². The van der Waals surface area contributed by atoms with Crippen LogP contribution in [0.1, 0.15) is 18.5 Å². The van der Waals surface area contributed by atoms with E-state index in [0.29, 0.717) is 0 Å². The summed E-state index contributed by atoms with van der Waals surface area (Å²) in [6, 6.07) is 4.02. The number of carbonyl (C=O) groups is 2. The third-order valence-corrected chi connectivity index (χ3v) is 4.24. The summed E-state index contributed by atoms with van der Waals surface area (Å²) in [4.78, 5) is 27.1. The minimum absolute atomic E-state index is 0.0645. The van der Waals surface area contributed by atoms with Crippen LogP contribution >= 0.6 is 0 Å². The summed E-state index contributed by atoms with van der Waals surface area (Å²) in [7, 11) is 2.05. The van der Waals surface area contributed by atoms with Gasteiger partial charge in [-0.05, 0) is 25.0 Å². The predicted molar refractivity (Wildman–Crippen MR) is 74.0 cm³/mol. The third-order valence-electron chi connectivity index (χ3n) is 4.24. The maximum atomic E-state index is 11.7. The van der Waals surface area contributed by atoms with Crippen LogP contribution in [-0.4, -0.2) is 52.0 Å². The molecule has 2 fully saturated rings. The van der Waals surface area contributed by atoms with Gasteiger partial charge in [0.25, 0.3) is 0 Å². The Labute approximate surface area is 118 Å². The van der Waals surface area contributed by atoms with Gasteiger partial charge in [0.05, 0.1) is 6.54 Å². The predicted octanol–water partition coefficient (Wildman–Crippen LogP) is 0.541. The third kappa shape index (κ3) is 2.43. The first-order chi connectivity index (χ1) is 9.65. The molecule has 1 aromatic rings. The molecule has 0 aliphatic carbocycles. The van der Waals surface area contributed by atoms with E-state index in [1.807, 2.05) is 0 Å². The van der Waals surface area contributed by atoms with Gasteiger partial charge in [-0.2, -0.15) is 0 Å². The molecule has 3 heterocycles. The number of aryl methyl sites for hydroxylation is 1. The van der Waals surface area contributed by atoms with E-state index in [0.717, 1.165) is 32.5 Å². The lowest BCUT2D eigenvalue weighted by molar-refractivity contribution is -0.127. The van der Waals surface area contributed by atoms with Crippen LogP contribution in [0.25, 0.3) is 0 Å². The van der Waals surface area contributed by atoms with E-state index in [-0.39, 0.29) is 24.5 Å². The highest BCUT2D eigenvalue weighted by molar-refractivity contribution is 6.02. The highest BCUT2D eigenvalue weighted by Gasteiger charge is 2.36. The molecule has 0 bridgehead atoms. The Hall–Kier alpha value is -1.82. The Balaban J connectivity index is 1.56. The molecular formula is C14H20N4O2. The zero-order valence-corrected chi connectivity index (χ0v) is 11.7. The van der Waals surface area contributed by atoms with E-state index in [9.17, 15) is 9.59 Å². The van der Waals surface area contributed by atoms with Crippen LogP contribution < -0.4 is 5.32 Å². The summed E-state index contributed by atoms with van der Waals surface area (Å²) in [6.45, 7) is 2.93. The second-order valence-electron chi connectivity index (χ2n) is 5.54. The van der Waals surface area contributed by atoms with Crippen molar-refractivity contribution in [1.29, 1.82) is 0 Å². The van der Waals surface area contributed by atoms with Gasteiger partial charge in [0, 0.05) is 44.6 Å². The SMILES string of the molecule is Cn1cccc1CN1CCC(N2C(=O)CNC2=O)CC1. The molecule has 2 saturated heterocycles. The first-order valence-corrected chi connectivity index (χ1v) is 7.07. The van der Waals surface area contributed by atoms with Crippen LogP contribution in [0.3, 0.4) is 0 Å². The molecule has 3 amide bonds. The van der Waals surface area contributed by atoms with Crippen molar-refractivity contribution >= 4 is 11.9 Å². The van der Waals surface area contributed by atoms with Gasteiger partial charge in [0.2, 0.25) is 5.91 Å². The number of hydrogen-bond donors (Lipinski definition) is 1. The molecule has 0 spiro atoms. The van der Waals surface area contributed by atoms with E-state index in [1.54, 1.807) is 0 Å². The molecule has 3 rings (SSSR count). The van der Waals surface area contributed by atoms with Crippen LogP contribution in [0.4, 0.5) is 4.79 Å². The zero-order chi connectivity index (χ0) is 14.1. The summed E-state index contributed by atoms with van der Waals surface area (Å²) in [5, 5.41) is 2.59. The molecular weight excluding hydrogens is 256 g/mol. The number of hydrogen-bond acceptors (Lipinski definition) is 3. The molecule has 6 nitrogen and oxygen atoms in total. The lowest BCUT2D eigenvalue weighted by atomic mass is 10.0. The van der Waals surface area contributed by atoms with Crippen molar-refractivity contribution in [3.63, 3.8) is 0 Å². The molecule has 20 heavy (non-hydrogen) atoms. The number of rotatable bonds is 3. The van der Waals surface area contributed by atoms with Gasteiger partial charge in [-0.15, -0.1) is 0 Å². The molecule has 0 atom stereocenters. The summed E-state index contributed by atoms with van der Waals surface area (Å²) < 4.78 is 2.13. The van der Waals surface area contributed by atoms with Gasteiger partial charge in [-0.3, -0.25) is 14.6 Å². The standard InChI is InChI=1S/C14H20N4O2/c1-16-6-2-3-12(16)10-17-7-4-11(5-8-17)18-13(19)9-15-14(18)20/h2-3,6,11H,4-5,7-10H2,1H3,(H,15,20). The first kappa shape index (κ1) is 13.2. The van der Waals surface area contributed by atoms with Crippen molar-refractivity contribution in [2.45, 2.75) is 25.4 Å². The van der Waals surface area contributed by atoms with Crippen molar-refractivity contribution < 1.29 is 9.59 Å². The quantitative estimate of drug-likeness (QED) is 0.820. The largest absolute Gasteiger partial charge is 0.353 e. The molecule has 0 unspecified atom stereocenters. The summed E-state index contributed by atoms with van der Waals surface area (Å²) in [5.74, 6) is -0.0871. The normalized spacial score (nSPS) is 21.6. The maximum Gasteiger partial charge on any atom is 0.324 e. The number of aromatic nitrogens is 1. The average Bonchev–Trinajstić information content (AvgIpc) is 2.98. The van der Waals surface area contributed by atoms with Crippen LogP contribution in [0.15, 0.2) is 18.3 Å². The number of imide groups is 1. The lowest BCUT2D eigenvalue weighted by Gasteiger charge is -2.35. The van der Waals surface area contributed by atoms with Crippen molar-refractivity contribution in [2.24, 2.45) is 7.05 Å². The van der Waals surface area contributed by atoms with Gasteiger partial charge < -0.3 is 9.88 Å². The summed E-state index contributed by atoms with van der Waals surface area (Å²) in [5.41, 5.74) is 1.29. The van der Waals surface area contributed by atoms with E-state index in [4.69, 9.17) is 0 Å². The van der Waals surface area contributed by atoms with E-state index < -0.39 is 0 Å². The molecule has 0 aromatic carbocycles. The van der Waals surface area contributed by atoms with Crippen molar-refractivity contribution in [2.75, 3.05) is 19.6 Å². The molecule has 2 aliphatic rings. The molecule has 0 saturated carbocycles. The number of amides is 3. The molecule has 0 radical (unpaired) electrons. The lowest BCUT2D eigenvalue weighted by Crippen LogP contribution is -2.47. The zero-order valence-electron chi connectivity index (χ0n) is 11.7.